The summed E-state index contributed by atoms with van der Waals surface area (Å²) in [6.07, 6.45) is 0.548. The van der Waals surface area contributed by atoms with Crippen molar-refractivity contribution in [3.63, 3.8) is 0 Å². The van der Waals surface area contributed by atoms with Crippen LogP contribution in [0.3, 0.4) is 0 Å². The third-order valence-corrected chi connectivity index (χ3v) is 4.05. The maximum Gasteiger partial charge on any atom is 0.251 e. The van der Waals surface area contributed by atoms with E-state index in [1.165, 1.54) is 6.07 Å². The van der Waals surface area contributed by atoms with Gasteiger partial charge in [0.2, 0.25) is 5.91 Å². The Bertz CT molecular complexity index is 852. The maximum absolute atomic E-state index is 13.7. The van der Waals surface area contributed by atoms with Gasteiger partial charge in [-0.3, -0.25) is 9.59 Å². The number of hydrogen-bond donors (Lipinski definition) is 4. The Hall–Kier alpha value is -3.42. The molecule has 0 saturated heterocycles. The van der Waals surface area contributed by atoms with Gasteiger partial charge >= 0.3 is 0 Å². The van der Waals surface area contributed by atoms with Gasteiger partial charge in [-0.15, -0.1) is 0 Å². The molecule has 0 spiro atoms. The molecule has 29 heavy (non-hydrogen) atoms. The fourth-order valence-corrected chi connectivity index (χ4v) is 2.56. The van der Waals surface area contributed by atoms with Crippen LogP contribution in [-0.2, 0) is 17.8 Å². The molecule has 0 bridgehead atoms. The number of aliphatic imine (C=N–C) groups is 1. The number of primary amides is 1. The lowest BCUT2D eigenvalue weighted by molar-refractivity contribution is -0.117. The van der Waals surface area contributed by atoms with E-state index in [1.54, 1.807) is 36.4 Å². The predicted octanol–water partition coefficient (Wildman–Crippen LogP) is 1.34. The van der Waals surface area contributed by atoms with Crippen LogP contribution in [0.1, 0.15) is 28.4 Å². The Morgan fingerprint density at radius 1 is 1.03 bits per heavy atom. The molecular weight excluding hydrogens is 373 g/mol. The topological polar surface area (TPSA) is 109 Å². The highest BCUT2D eigenvalue weighted by atomic mass is 19.1. The number of nitrogens with two attached hydrogens (primary N) is 1. The van der Waals surface area contributed by atoms with Gasteiger partial charge in [0.05, 0.1) is 13.1 Å². The number of carbonyl (C=O) groups is 2. The van der Waals surface area contributed by atoms with Crippen LogP contribution < -0.4 is 21.7 Å². The van der Waals surface area contributed by atoms with Gasteiger partial charge in [-0.1, -0.05) is 30.3 Å². The van der Waals surface area contributed by atoms with Gasteiger partial charge in [-0.2, -0.15) is 0 Å². The van der Waals surface area contributed by atoms with Crippen molar-refractivity contribution in [1.82, 2.24) is 16.0 Å². The molecule has 0 aliphatic carbocycles. The molecule has 0 atom stereocenters. The highest BCUT2D eigenvalue weighted by molar-refractivity contribution is 5.96. The second-order valence-corrected chi connectivity index (χ2v) is 6.31. The molecule has 7 nitrogen and oxygen atoms in total. The number of hydrogen-bond acceptors (Lipinski definition) is 3. The first-order valence-corrected chi connectivity index (χ1v) is 9.40. The minimum Gasteiger partial charge on any atom is -0.368 e. The summed E-state index contributed by atoms with van der Waals surface area (Å²) in [6, 6.07) is 13.6. The smallest absolute Gasteiger partial charge is 0.251 e. The highest BCUT2D eigenvalue weighted by Crippen LogP contribution is 2.07. The van der Waals surface area contributed by atoms with Crippen LogP contribution in [0.5, 0.6) is 0 Å². The maximum atomic E-state index is 13.7. The monoisotopic (exact) mass is 399 g/mol. The molecular formula is C21H26FN5O2. The van der Waals surface area contributed by atoms with Crippen molar-refractivity contribution < 1.29 is 14.0 Å². The van der Waals surface area contributed by atoms with Crippen LogP contribution in [-0.4, -0.2) is 37.4 Å². The average Bonchev–Trinajstić information content (AvgIpc) is 2.72. The number of carbonyl (C=O) groups excluding carboxylic acids is 2. The van der Waals surface area contributed by atoms with E-state index < -0.39 is 5.91 Å². The van der Waals surface area contributed by atoms with Crippen LogP contribution in [0.25, 0.3) is 0 Å². The molecule has 0 aromatic heterocycles. The van der Waals surface area contributed by atoms with Crippen LogP contribution in [0, 0.1) is 5.82 Å². The molecule has 0 aliphatic rings. The summed E-state index contributed by atoms with van der Waals surface area (Å²) in [5.74, 6) is -0.534. The lowest BCUT2D eigenvalue weighted by Crippen LogP contribution is -2.38. The first-order chi connectivity index (χ1) is 14.0. The minimum atomic E-state index is -0.595. The lowest BCUT2D eigenvalue weighted by Gasteiger charge is -2.12. The number of rotatable bonds is 9. The first kappa shape index (κ1) is 21.9. The Morgan fingerprint density at radius 3 is 2.41 bits per heavy atom. The summed E-state index contributed by atoms with van der Waals surface area (Å²) >= 11 is 0. The third-order valence-electron chi connectivity index (χ3n) is 4.05. The fraction of sp³-hybridized carbons (Fsp3) is 0.286. The Kier molecular flexibility index (Phi) is 8.62. The number of halogens is 1. The number of benzene rings is 2. The SMILES string of the molecule is CCNC(=NCc1ccc(C(=O)NCC(N)=O)cc1)NCCc1ccccc1F. The fourth-order valence-electron chi connectivity index (χ4n) is 2.56. The lowest BCUT2D eigenvalue weighted by atomic mass is 10.1. The number of guanidine groups is 1. The van der Waals surface area contributed by atoms with E-state index in [2.05, 4.69) is 20.9 Å². The van der Waals surface area contributed by atoms with Gasteiger partial charge in [-0.05, 0) is 42.7 Å². The van der Waals surface area contributed by atoms with Crippen LogP contribution in [0.4, 0.5) is 4.39 Å². The van der Waals surface area contributed by atoms with Crippen molar-refractivity contribution in [3.8, 4) is 0 Å². The highest BCUT2D eigenvalue weighted by Gasteiger charge is 2.06. The summed E-state index contributed by atoms with van der Waals surface area (Å²) in [6.45, 7) is 3.43. The summed E-state index contributed by atoms with van der Waals surface area (Å²) in [4.78, 5) is 27.1. The summed E-state index contributed by atoms with van der Waals surface area (Å²) in [7, 11) is 0. The van der Waals surface area contributed by atoms with E-state index in [4.69, 9.17) is 5.73 Å². The molecule has 0 saturated carbocycles. The molecule has 0 heterocycles. The summed E-state index contributed by atoms with van der Waals surface area (Å²) < 4.78 is 13.7. The second-order valence-electron chi connectivity index (χ2n) is 6.31. The van der Waals surface area contributed by atoms with E-state index in [9.17, 15) is 14.0 Å². The molecule has 5 N–H and O–H groups in total. The predicted molar refractivity (Wildman–Crippen MR) is 111 cm³/mol. The van der Waals surface area contributed by atoms with Crippen molar-refractivity contribution in [2.24, 2.45) is 10.7 Å². The first-order valence-electron chi connectivity index (χ1n) is 9.40. The molecule has 154 valence electrons. The van der Waals surface area contributed by atoms with E-state index in [1.807, 2.05) is 13.0 Å². The van der Waals surface area contributed by atoms with Gasteiger partial charge in [0, 0.05) is 18.7 Å². The zero-order chi connectivity index (χ0) is 21.1. The Balaban J connectivity index is 1.89. The van der Waals surface area contributed by atoms with Crippen LogP contribution >= 0.6 is 0 Å². The van der Waals surface area contributed by atoms with Gasteiger partial charge in [-0.25, -0.2) is 9.38 Å². The second kappa shape index (κ2) is 11.4. The van der Waals surface area contributed by atoms with E-state index in [0.717, 1.165) is 5.56 Å². The van der Waals surface area contributed by atoms with Crippen molar-refractivity contribution in [2.75, 3.05) is 19.6 Å². The van der Waals surface area contributed by atoms with Gasteiger partial charge in [0.1, 0.15) is 5.82 Å². The standard InChI is InChI=1S/C21H26FN5O2/c1-2-24-21(25-12-11-16-5-3-4-6-18(16)22)27-13-15-7-9-17(10-8-15)20(29)26-14-19(23)28/h3-10H,2,11-14H2,1H3,(H2,23,28)(H,26,29)(H2,24,25,27). The number of amides is 2. The van der Waals surface area contributed by atoms with Gasteiger partial charge in [0.25, 0.3) is 5.91 Å². The molecule has 8 heteroatoms. The Morgan fingerprint density at radius 2 is 1.76 bits per heavy atom. The zero-order valence-electron chi connectivity index (χ0n) is 16.4. The third kappa shape index (κ3) is 7.61. The Labute approximate surface area is 169 Å². The summed E-state index contributed by atoms with van der Waals surface area (Å²) in [5, 5.41) is 8.77. The molecule has 2 amide bonds. The van der Waals surface area contributed by atoms with Gasteiger partial charge < -0.3 is 21.7 Å². The molecule has 0 aliphatic heterocycles. The van der Waals surface area contributed by atoms with Crippen molar-refractivity contribution in [1.29, 1.82) is 0 Å². The summed E-state index contributed by atoms with van der Waals surface area (Å²) in [5.41, 5.74) is 7.02. The molecule has 0 unspecified atom stereocenters. The van der Waals surface area contributed by atoms with Crippen LogP contribution in [0.2, 0.25) is 0 Å². The minimum absolute atomic E-state index is 0.199. The quantitative estimate of drug-likeness (QED) is 0.377. The largest absolute Gasteiger partial charge is 0.368 e. The van der Waals surface area contributed by atoms with Crippen LogP contribution in [0.15, 0.2) is 53.5 Å². The number of nitrogens with zero attached hydrogens (tertiary/aromatic N) is 1. The van der Waals surface area contributed by atoms with E-state index >= 15 is 0 Å². The molecule has 0 radical (unpaired) electrons. The van der Waals surface area contributed by atoms with Gasteiger partial charge in [0.15, 0.2) is 5.96 Å². The molecule has 0 fully saturated rings. The molecule has 2 aromatic rings. The molecule has 2 aromatic carbocycles. The van der Waals surface area contributed by atoms with Crippen molar-refractivity contribution >= 4 is 17.8 Å². The zero-order valence-corrected chi connectivity index (χ0v) is 16.4. The van der Waals surface area contributed by atoms with Crippen molar-refractivity contribution in [2.45, 2.75) is 19.9 Å². The number of nitrogens with one attached hydrogen (secondary N) is 3. The van der Waals surface area contributed by atoms with E-state index in [0.29, 0.717) is 43.1 Å². The van der Waals surface area contributed by atoms with Crippen molar-refractivity contribution in [3.05, 3.63) is 71.0 Å². The van der Waals surface area contributed by atoms with E-state index in [-0.39, 0.29) is 18.3 Å². The average molecular weight is 399 g/mol. The molecule has 2 rings (SSSR count). The normalized spacial score (nSPS) is 11.0.